The number of rotatable bonds is 7. The molecule has 0 fully saturated rings. The number of ether oxygens (including phenoxy) is 1. The Kier molecular flexibility index (Phi) is 6.58. The van der Waals surface area contributed by atoms with Crippen LogP contribution < -0.4 is 10.6 Å². The minimum Gasteiger partial charge on any atom is -0.481 e. The van der Waals surface area contributed by atoms with Gasteiger partial charge in [-0.05, 0) is 47.4 Å². The van der Waals surface area contributed by atoms with E-state index >= 15 is 0 Å². The monoisotopic (exact) mass is 462 g/mol. The number of anilines is 1. The molecule has 1 unspecified atom stereocenters. The summed E-state index contributed by atoms with van der Waals surface area (Å²) >= 11 is 0. The molecule has 1 aliphatic carbocycles. The van der Waals surface area contributed by atoms with Crippen molar-refractivity contribution in [2.24, 2.45) is 0 Å². The molecular formula is C26H23FN2O5. The molecule has 0 aliphatic heterocycles. The standard InChI is InChI=1S/C26H23FN2O5/c1-15(10-24(30)31)28-25(32)16-11-17(27)13-18(12-16)29-26(33)34-14-23-21-8-4-2-6-19(21)20-7-3-5-9-22(20)23/h2-9,11-13,15,23H,10,14H2,1H3,(H,28,32)(H,29,33)(H,30,31). The van der Waals surface area contributed by atoms with Crippen molar-refractivity contribution >= 4 is 23.7 Å². The number of halogens is 1. The van der Waals surface area contributed by atoms with E-state index < -0.39 is 29.8 Å². The van der Waals surface area contributed by atoms with Crippen molar-refractivity contribution in [2.45, 2.75) is 25.3 Å². The van der Waals surface area contributed by atoms with Crippen LogP contribution in [0.25, 0.3) is 11.1 Å². The normalized spacial score (nSPS) is 12.9. The van der Waals surface area contributed by atoms with E-state index in [2.05, 4.69) is 10.6 Å². The van der Waals surface area contributed by atoms with Gasteiger partial charge in [0.15, 0.2) is 0 Å². The molecule has 174 valence electrons. The second kappa shape index (κ2) is 9.74. The van der Waals surface area contributed by atoms with Crippen LogP contribution >= 0.6 is 0 Å². The molecule has 2 amide bonds. The highest BCUT2D eigenvalue weighted by molar-refractivity contribution is 5.96. The zero-order valence-electron chi connectivity index (χ0n) is 18.4. The molecule has 0 heterocycles. The molecule has 3 N–H and O–H groups in total. The van der Waals surface area contributed by atoms with Crippen LogP contribution in [0, 0.1) is 5.82 Å². The smallest absolute Gasteiger partial charge is 0.411 e. The maximum Gasteiger partial charge on any atom is 0.411 e. The van der Waals surface area contributed by atoms with Gasteiger partial charge in [0.25, 0.3) is 5.91 Å². The second-order valence-corrected chi connectivity index (χ2v) is 8.15. The van der Waals surface area contributed by atoms with Crippen LogP contribution in [0.15, 0.2) is 66.7 Å². The van der Waals surface area contributed by atoms with Gasteiger partial charge in [0.2, 0.25) is 0 Å². The predicted octanol–water partition coefficient (Wildman–Crippen LogP) is 4.78. The summed E-state index contributed by atoms with van der Waals surface area (Å²) < 4.78 is 19.5. The number of carbonyl (C=O) groups excluding carboxylic acids is 2. The Balaban J connectivity index is 1.42. The molecule has 3 aromatic rings. The van der Waals surface area contributed by atoms with Gasteiger partial charge in [0.05, 0.1) is 6.42 Å². The van der Waals surface area contributed by atoms with E-state index in [0.29, 0.717) is 0 Å². The van der Waals surface area contributed by atoms with Crippen LogP contribution in [0.3, 0.4) is 0 Å². The Morgan fingerprint density at radius 1 is 1.00 bits per heavy atom. The zero-order valence-corrected chi connectivity index (χ0v) is 18.4. The Labute approximate surface area is 195 Å². The van der Waals surface area contributed by atoms with E-state index in [1.807, 2.05) is 48.5 Å². The molecule has 0 saturated carbocycles. The summed E-state index contributed by atoms with van der Waals surface area (Å²) in [6.07, 6.45) is -1.05. The fraction of sp³-hybridized carbons (Fsp3) is 0.192. The second-order valence-electron chi connectivity index (χ2n) is 8.15. The number of amides is 2. The summed E-state index contributed by atoms with van der Waals surface area (Å²) in [7, 11) is 0. The van der Waals surface area contributed by atoms with E-state index in [1.54, 1.807) is 0 Å². The molecule has 4 rings (SSSR count). The minimum absolute atomic E-state index is 0.0493. The molecule has 34 heavy (non-hydrogen) atoms. The van der Waals surface area contributed by atoms with E-state index in [9.17, 15) is 18.8 Å². The molecule has 0 bridgehead atoms. The maximum absolute atomic E-state index is 14.1. The van der Waals surface area contributed by atoms with Crippen LogP contribution in [-0.4, -0.2) is 35.7 Å². The van der Waals surface area contributed by atoms with E-state index in [-0.39, 0.29) is 30.2 Å². The highest BCUT2D eigenvalue weighted by Crippen LogP contribution is 2.44. The fourth-order valence-electron chi connectivity index (χ4n) is 4.17. The molecular weight excluding hydrogens is 439 g/mol. The SMILES string of the molecule is CC(CC(=O)O)NC(=O)c1cc(F)cc(NC(=O)OCC2c3ccccc3-c3ccccc32)c1. The average Bonchev–Trinajstić information content (AvgIpc) is 3.10. The van der Waals surface area contributed by atoms with Crippen LogP contribution in [0.4, 0.5) is 14.9 Å². The topological polar surface area (TPSA) is 105 Å². The Hall–Kier alpha value is -4.20. The minimum atomic E-state index is -1.07. The van der Waals surface area contributed by atoms with Crippen molar-refractivity contribution < 1.29 is 28.6 Å². The van der Waals surface area contributed by atoms with Crippen LogP contribution in [0.5, 0.6) is 0 Å². The first-order valence-electron chi connectivity index (χ1n) is 10.8. The molecule has 3 aromatic carbocycles. The third-order valence-electron chi connectivity index (χ3n) is 5.61. The molecule has 0 aromatic heterocycles. The highest BCUT2D eigenvalue weighted by Gasteiger charge is 2.29. The molecule has 7 nitrogen and oxygen atoms in total. The van der Waals surface area contributed by atoms with Crippen LogP contribution in [0.2, 0.25) is 0 Å². The summed E-state index contributed by atoms with van der Waals surface area (Å²) in [5.41, 5.74) is 4.34. The Morgan fingerprint density at radius 3 is 2.24 bits per heavy atom. The van der Waals surface area contributed by atoms with Gasteiger partial charge in [-0.15, -0.1) is 0 Å². The highest BCUT2D eigenvalue weighted by atomic mass is 19.1. The Bertz CT molecular complexity index is 1210. The predicted molar refractivity (Wildman–Crippen MR) is 124 cm³/mol. The quantitative estimate of drug-likeness (QED) is 0.469. The summed E-state index contributed by atoms with van der Waals surface area (Å²) in [5.74, 6) is -2.57. The largest absolute Gasteiger partial charge is 0.481 e. The number of aliphatic carboxylic acids is 1. The third kappa shape index (κ3) is 5.06. The number of benzene rings is 3. The number of nitrogens with one attached hydrogen (secondary N) is 2. The Morgan fingerprint density at radius 2 is 1.62 bits per heavy atom. The van der Waals surface area contributed by atoms with Gasteiger partial charge in [0.1, 0.15) is 12.4 Å². The van der Waals surface area contributed by atoms with E-state index in [1.165, 1.54) is 13.0 Å². The molecule has 0 spiro atoms. The summed E-state index contributed by atoms with van der Waals surface area (Å²) in [5, 5.41) is 13.8. The van der Waals surface area contributed by atoms with E-state index in [4.69, 9.17) is 9.84 Å². The lowest BCUT2D eigenvalue weighted by Crippen LogP contribution is -2.34. The van der Waals surface area contributed by atoms with Crippen molar-refractivity contribution in [3.05, 3.63) is 89.2 Å². The van der Waals surface area contributed by atoms with Crippen LogP contribution in [-0.2, 0) is 9.53 Å². The number of hydrogen-bond acceptors (Lipinski definition) is 4. The van der Waals surface area contributed by atoms with Gasteiger partial charge in [-0.1, -0.05) is 48.5 Å². The van der Waals surface area contributed by atoms with Crippen molar-refractivity contribution in [2.75, 3.05) is 11.9 Å². The number of carboxylic acid groups (broad SMARTS) is 1. The number of hydrogen-bond donors (Lipinski definition) is 3. The van der Waals surface area contributed by atoms with Crippen molar-refractivity contribution in [3.63, 3.8) is 0 Å². The lowest BCUT2D eigenvalue weighted by atomic mass is 9.98. The van der Waals surface area contributed by atoms with Gasteiger partial charge < -0.3 is 15.2 Å². The van der Waals surface area contributed by atoms with Crippen molar-refractivity contribution in [1.29, 1.82) is 0 Å². The van der Waals surface area contributed by atoms with Crippen molar-refractivity contribution in [1.82, 2.24) is 5.32 Å². The molecule has 0 saturated heterocycles. The van der Waals surface area contributed by atoms with Gasteiger partial charge >= 0.3 is 12.1 Å². The molecule has 1 atom stereocenters. The zero-order chi connectivity index (χ0) is 24.2. The maximum atomic E-state index is 14.1. The van der Waals surface area contributed by atoms with Crippen LogP contribution in [0.1, 0.15) is 40.7 Å². The molecule has 1 aliphatic rings. The van der Waals surface area contributed by atoms with Gasteiger partial charge in [-0.2, -0.15) is 0 Å². The summed E-state index contributed by atoms with van der Waals surface area (Å²) in [4.78, 5) is 35.6. The number of carbonyl (C=O) groups is 3. The summed E-state index contributed by atoms with van der Waals surface area (Å²) in [6.45, 7) is 1.62. The van der Waals surface area contributed by atoms with Gasteiger partial charge in [0, 0.05) is 23.2 Å². The van der Waals surface area contributed by atoms with Gasteiger partial charge in [-0.3, -0.25) is 14.9 Å². The lowest BCUT2D eigenvalue weighted by Gasteiger charge is -2.15. The van der Waals surface area contributed by atoms with E-state index in [0.717, 1.165) is 34.4 Å². The average molecular weight is 462 g/mol. The number of carboxylic acids is 1. The molecule has 8 heteroatoms. The first kappa shape index (κ1) is 23.0. The molecule has 0 radical (unpaired) electrons. The summed E-state index contributed by atoms with van der Waals surface area (Å²) in [6, 6.07) is 18.6. The number of fused-ring (bicyclic) bond motifs is 3. The first-order valence-corrected chi connectivity index (χ1v) is 10.8. The van der Waals surface area contributed by atoms with Crippen molar-refractivity contribution in [3.8, 4) is 11.1 Å². The van der Waals surface area contributed by atoms with Gasteiger partial charge in [-0.25, -0.2) is 9.18 Å². The fourth-order valence-corrected chi connectivity index (χ4v) is 4.17. The first-order chi connectivity index (χ1) is 16.3. The third-order valence-corrected chi connectivity index (χ3v) is 5.61. The lowest BCUT2D eigenvalue weighted by molar-refractivity contribution is -0.137.